The summed E-state index contributed by atoms with van der Waals surface area (Å²) in [4.78, 5) is 0. The van der Waals surface area contributed by atoms with Crippen LogP contribution in [0, 0.1) is 7.14 Å². The van der Waals surface area contributed by atoms with Gasteiger partial charge >= 0.3 is 0 Å². The Labute approximate surface area is 243 Å². The minimum Gasteiger partial charge on any atom is -0.507 e. The average Bonchev–Trinajstić information content (AvgIpc) is 3.06. The fourth-order valence-corrected chi connectivity index (χ4v) is 4.10. The third-order valence-corrected chi connectivity index (χ3v) is 7.05. The van der Waals surface area contributed by atoms with E-state index in [1.54, 1.807) is 12.1 Å². The average molecular weight is 746 g/mol. The van der Waals surface area contributed by atoms with Gasteiger partial charge in [0, 0.05) is 26.0 Å². The van der Waals surface area contributed by atoms with Crippen molar-refractivity contribution in [2.75, 3.05) is 13.2 Å². The van der Waals surface area contributed by atoms with E-state index >= 15 is 0 Å². The first-order chi connectivity index (χ1) is 15.9. The Morgan fingerprint density at radius 2 is 1.53 bits per heavy atom. The van der Waals surface area contributed by atoms with Gasteiger partial charge in [-0.2, -0.15) is 0 Å². The molecule has 34 heavy (non-hydrogen) atoms. The van der Waals surface area contributed by atoms with E-state index < -0.39 is 0 Å². The molecular formula is C26H25Cl3I2O3. The zero-order chi connectivity index (χ0) is 25.5. The number of rotatable bonds is 3. The second-order valence-corrected chi connectivity index (χ2v) is 11.9. The zero-order valence-corrected chi connectivity index (χ0v) is 25.6. The van der Waals surface area contributed by atoms with Gasteiger partial charge in [0.15, 0.2) is 0 Å². The number of halogens is 5. The van der Waals surface area contributed by atoms with Crippen LogP contribution in [0.2, 0.25) is 15.1 Å². The topological polar surface area (TPSA) is 38.7 Å². The molecule has 0 aliphatic carbocycles. The number of ether oxygens (including phenoxy) is 2. The molecule has 0 atom stereocenters. The summed E-state index contributed by atoms with van der Waals surface area (Å²) in [5, 5.41) is 11.0. The molecule has 0 amide bonds. The maximum Gasteiger partial charge on any atom is 0.134 e. The minimum absolute atomic E-state index is 0.139. The van der Waals surface area contributed by atoms with Gasteiger partial charge in [0.2, 0.25) is 0 Å². The molecule has 0 fully saturated rings. The fourth-order valence-electron chi connectivity index (χ4n) is 2.79. The lowest BCUT2D eigenvalue weighted by molar-refractivity contribution is 0.291. The summed E-state index contributed by atoms with van der Waals surface area (Å²) in [5.41, 5.74) is 2.39. The Morgan fingerprint density at radius 3 is 2.12 bits per heavy atom. The highest BCUT2D eigenvalue weighted by atomic mass is 127. The molecule has 3 aromatic carbocycles. The molecular weight excluding hydrogens is 720 g/mol. The molecule has 0 saturated heterocycles. The van der Waals surface area contributed by atoms with Gasteiger partial charge in [-0.05, 0) is 106 Å². The predicted octanol–water partition coefficient (Wildman–Crippen LogP) is 9.56. The van der Waals surface area contributed by atoms with Crippen LogP contribution in [0.1, 0.15) is 26.3 Å². The van der Waals surface area contributed by atoms with Gasteiger partial charge in [0.25, 0.3) is 0 Å². The van der Waals surface area contributed by atoms with Crippen LogP contribution in [0.4, 0.5) is 0 Å². The summed E-state index contributed by atoms with van der Waals surface area (Å²) in [6.07, 6.45) is 0. The largest absolute Gasteiger partial charge is 0.507 e. The number of hydrogen-bond donors (Lipinski definition) is 1. The number of phenolic OH excluding ortho intramolecular Hbond substituents is 1. The van der Waals surface area contributed by atoms with Crippen LogP contribution in [-0.4, -0.2) is 18.3 Å². The Kier molecular flexibility index (Phi) is 11.6. The predicted molar refractivity (Wildman–Crippen MR) is 160 cm³/mol. The molecule has 0 bridgehead atoms. The van der Waals surface area contributed by atoms with Crippen LogP contribution in [0.15, 0.2) is 66.7 Å². The van der Waals surface area contributed by atoms with Crippen molar-refractivity contribution in [3.8, 4) is 17.2 Å². The molecule has 0 radical (unpaired) electrons. The van der Waals surface area contributed by atoms with Crippen molar-refractivity contribution < 1.29 is 14.6 Å². The van der Waals surface area contributed by atoms with Crippen LogP contribution in [-0.2, 0) is 5.41 Å². The molecule has 1 N–H and O–H groups in total. The summed E-state index contributed by atoms with van der Waals surface area (Å²) in [6, 6.07) is 16.4. The van der Waals surface area contributed by atoms with E-state index in [4.69, 9.17) is 49.4 Å². The maximum atomic E-state index is 9.01. The van der Waals surface area contributed by atoms with E-state index in [9.17, 15) is 0 Å². The van der Waals surface area contributed by atoms with Gasteiger partial charge in [0.05, 0.1) is 13.7 Å². The first-order valence-electron chi connectivity index (χ1n) is 10.2. The first-order valence-corrected chi connectivity index (χ1v) is 13.5. The van der Waals surface area contributed by atoms with Crippen molar-refractivity contribution >= 4 is 80.0 Å². The van der Waals surface area contributed by atoms with Crippen molar-refractivity contribution in [1.82, 2.24) is 0 Å². The zero-order valence-electron chi connectivity index (χ0n) is 19.0. The summed E-state index contributed by atoms with van der Waals surface area (Å²) in [5.74, 6) is 1.99. The van der Waals surface area contributed by atoms with Crippen LogP contribution in [0.5, 0.6) is 17.2 Å². The molecule has 3 nitrogen and oxygen atoms in total. The lowest BCUT2D eigenvalue weighted by Crippen LogP contribution is -2.18. The van der Waals surface area contributed by atoms with Gasteiger partial charge in [-0.15, -0.1) is 0 Å². The molecule has 4 rings (SSSR count). The summed E-state index contributed by atoms with van der Waals surface area (Å²) in [6.45, 7) is 11.3. The van der Waals surface area contributed by atoms with E-state index in [1.807, 2.05) is 65.9 Å². The Bertz CT molecular complexity index is 1150. The standard InChI is InChI=1S/C10H10ClIO.C10H11ClO.C6H4ClIO/c1-7(2)6-13-10-5-8(11)3-4-9(10)12;1-10(2)6-12-9-5-7(11)3-4-8(9)10;7-4-1-2-5(8)6(9)3-4/h3-5H,1,6H2,2H3;3-5H,6H2,1-2H3;1-3,9H. The Morgan fingerprint density at radius 1 is 0.971 bits per heavy atom. The molecule has 0 spiro atoms. The van der Waals surface area contributed by atoms with Crippen molar-refractivity contribution in [3.05, 3.63) is 94.5 Å². The van der Waals surface area contributed by atoms with Crippen LogP contribution in [0.25, 0.3) is 0 Å². The number of phenols is 1. The lowest BCUT2D eigenvalue weighted by Gasteiger charge is -2.14. The second kappa shape index (κ2) is 13.4. The van der Waals surface area contributed by atoms with E-state index in [2.05, 4.69) is 43.0 Å². The molecule has 1 aliphatic rings. The summed E-state index contributed by atoms with van der Waals surface area (Å²) >= 11 is 21.5. The highest BCUT2D eigenvalue weighted by molar-refractivity contribution is 14.1. The smallest absolute Gasteiger partial charge is 0.134 e. The second-order valence-electron chi connectivity index (χ2n) is 8.23. The van der Waals surface area contributed by atoms with Gasteiger partial charge in [0.1, 0.15) is 23.9 Å². The van der Waals surface area contributed by atoms with Crippen LogP contribution < -0.4 is 9.47 Å². The number of benzene rings is 3. The summed E-state index contributed by atoms with van der Waals surface area (Å²) < 4.78 is 12.9. The maximum absolute atomic E-state index is 9.01. The first kappa shape index (κ1) is 29.4. The van der Waals surface area contributed by atoms with Crippen LogP contribution >= 0.6 is 80.0 Å². The van der Waals surface area contributed by atoms with E-state index in [0.29, 0.717) is 16.7 Å². The number of hydrogen-bond acceptors (Lipinski definition) is 3. The quantitative estimate of drug-likeness (QED) is 0.215. The molecule has 3 aromatic rings. The normalized spacial score (nSPS) is 12.8. The van der Waals surface area contributed by atoms with Crippen molar-refractivity contribution in [2.45, 2.75) is 26.2 Å². The Balaban J connectivity index is 0.000000183. The van der Waals surface area contributed by atoms with Crippen LogP contribution in [0.3, 0.4) is 0 Å². The lowest BCUT2D eigenvalue weighted by atomic mass is 9.87. The van der Waals surface area contributed by atoms with Crippen molar-refractivity contribution in [1.29, 1.82) is 0 Å². The molecule has 0 unspecified atom stereocenters. The molecule has 1 heterocycles. The van der Waals surface area contributed by atoms with E-state index in [1.165, 1.54) is 11.6 Å². The van der Waals surface area contributed by atoms with Crippen molar-refractivity contribution in [3.63, 3.8) is 0 Å². The Hall–Kier alpha value is -0.870. The van der Waals surface area contributed by atoms with Crippen molar-refractivity contribution in [2.24, 2.45) is 0 Å². The summed E-state index contributed by atoms with van der Waals surface area (Å²) in [7, 11) is 0. The molecule has 0 aromatic heterocycles. The number of aromatic hydroxyl groups is 1. The van der Waals surface area contributed by atoms with Gasteiger partial charge < -0.3 is 14.6 Å². The highest BCUT2D eigenvalue weighted by Crippen LogP contribution is 2.39. The van der Waals surface area contributed by atoms with E-state index in [-0.39, 0.29) is 11.2 Å². The molecule has 0 saturated carbocycles. The minimum atomic E-state index is 0.139. The van der Waals surface area contributed by atoms with Gasteiger partial charge in [-0.25, -0.2) is 0 Å². The molecule has 8 heteroatoms. The number of fused-ring (bicyclic) bond motifs is 1. The van der Waals surface area contributed by atoms with E-state index in [0.717, 1.165) is 35.8 Å². The monoisotopic (exact) mass is 744 g/mol. The SMILES string of the molecule is C=C(C)COc1cc(Cl)ccc1I.CC1(C)COc2cc(Cl)ccc21.Oc1cc(Cl)ccc1I. The molecule has 1 aliphatic heterocycles. The fraction of sp³-hybridized carbons (Fsp3) is 0.231. The highest BCUT2D eigenvalue weighted by Gasteiger charge is 2.31. The third kappa shape index (κ3) is 9.30. The third-order valence-electron chi connectivity index (χ3n) is 4.54. The van der Waals surface area contributed by atoms with Gasteiger partial charge in [-0.3, -0.25) is 0 Å². The van der Waals surface area contributed by atoms with Gasteiger partial charge in [-0.1, -0.05) is 61.3 Å². The molecule has 182 valence electrons.